The molecular formula is C3H8N2O2. The number of hydrogen-bond acceptors (Lipinski definition) is 2. The lowest BCUT2D eigenvalue weighted by molar-refractivity contribution is -0.479. The Balaban J connectivity index is 0. The van der Waals surface area contributed by atoms with Crippen LogP contribution < -0.4 is 11.2 Å². The quantitative estimate of drug-likeness (QED) is 0.303. The van der Waals surface area contributed by atoms with Gasteiger partial charge in [-0.3, -0.25) is 0 Å². The minimum Gasteiger partial charge on any atom is -0.627 e. The summed E-state index contributed by atoms with van der Waals surface area (Å²) in [5.41, 5.74) is 4.34. The van der Waals surface area contributed by atoms with Crippen molar-refractivity contribution in [3.63, 3.8) is 0 Å². The van der Waals surface area contributed by atoms with Gasteiger partial charge in [-0.2, -0.15) is 0 Å². The van der Waals surface area contributed by atoms with Crippen molar-refractivity contribution < 1.29 is 10.3 Å². The molecular weight excluding hydrogens is 96.0 g/mol. The number of primary amides is 2. The smallest absolute Gasteiger partial charge is 0.410 e. The molecule has 0 aliphatic rings. The van der Waals surface area contributed by atoms with Crippen LogP contribution in [0, 0.1) is 5.21 Å². The van der Waals surface area contributed by atoms with Crippen molar-refractivity contribution in [2.45, 2.75) is 0 Å². The zero-order valence-electron chi connectivity index (χ0n) is 3.89. The molecule has 0 aromatic carbocycles. The third kappa shape index (κ3) is 39.4. The lowest BCUT2D eigenvalue weighted by Crippen LogP contribution is -2.84. The van der Waals surface area contributed by atoms with Crippen molar-refractivity contribution in [2.75, 3.05) is 0 Å². The van der Waals surface area contributed by atoms with Crippen LogP contribution in [0.3, 0.4) is 0 Å². The standard InChI is InChI=1S/C2H4.CH4N2O2/c1-2;2-1(4)3-5/h1-2H2;3H2,(H2,2,4). The van der Waals surface area contributed by atoms with Crippen molar-refractivity contribution in [2.24, 2.45) is 5.73 Å². The lowest BCUT2D eigenvalue weighted by atomic mass is 11.2. The second-order valence-electron chi connectivity index (χ2n) is 0.520. The van der Waals surface area contributed by atoms with Gasteiger partial charge >= 0.3 is 6.03 Å². The largest absolute Gasteiger partial charge is 0.627 e. The van der Waals surface area contributed by atoms with E-state index in [9.17, 15) is 4.79 Å². The third-order valence-corrected chi connectivity index (χ3v) is 0.116. The first-order valence-electron chi connectivity index (χ1n) is 1.52. The maximum absolute atomic E-state index is 9.22. The molecule has 0 aromatic rings. The average molecular weight is 104 g/mol. The summed E-state index contributed by atoms with van der Waals surface area (Å²) in [7, 11) is 0. The number of amides is 2. The molecule has 0 radical (unpaired) electrons. The summed E-state index contributed by atoms with van der Waals surface area (Å²) in [6.45, 7) is 6.00. The molecule has 7 heavy (non-hydrogen) atoms. The number of hydroxylamine groups is 1. The molecule has 0 spiro atoms. The molecule has 0 fully saturated rings. The minimum atomic E-state index is -0.926. The predicted molar refractivity (Wildman–Crippen MR) is 26.1 cm³/mol. The van der Waals surface area contributed by atoms with Gasteiger partial charge in [0.2, 0.25) is 0 Å². The summed E-state index contributed by atoms with van der Waals surface area (Å²) in [5.74, 6) is 0. The van der Waals surface area contributed by atoms with Crippen molar-refractivity contribution in [3.8, 4) is 0 Å². The number of rotatable bonds is 0. The maximum Gasteiger partial charge on any atom is 0.410 e. The molecule has 0 atom stereocenters. The predicted octanol–water partition coefficient (Wildman–Crippen LogP) is -1.07. The highest BCUT2D eigenvalue weighted by molar-refractivity contribution is 5.60. The van der Waals surface area contributed by atoms with Crippen molar-refractivity contribution in [1.82, 2.24) is 0 Å². The number of carbonyl (C=O) groups excluding carboxylic acids is 1. The molecule has 0 aliphatic carbocycles. The molecule has 4 nitrogen and oxygen atoms in total. The summed E-state index contributed by atoms with van der Waals surface area (Å²) >= 11 is 0. The van der Waals surface area contributed by atoms with Crippen LogP contribution >= 0.6 is 0 Å². The first-order valence-corrected chi connectivity index (χ1v) is 1.52. The number of urea groups is 1. The molecule has 42 valence electrons. The Kier molecular flexibility index (Phi) is 12.1. The Bertz CT molecular complexity index is 54.9. The molecule has 0 heterocycles. The average Bonchev–Trinajstić information content (AvgIpc) is 1.73. The van der Waals surface area contributed by atoms with Crippen LogP contribution in [0.25, 0.3) is 0 Å². The van der Waals surface area contributed by atoms with E-state index in [-0.39, 0.29) is 5.48 Å². The number of nitrogens with two attached hydrogens (primary N) is 2. The summed E-state index contributed by atoms with van der Waals surface area (Å²) in [4.78, 5) is 9.22. The highest BCUT2D eigenvalue weighted by Gasteiger charge is 1.76. The molecule has 4 heteroatoms. The van der Waals surface area contributed by atoms with Gasteiger partial charge in [0.25, 0.3) is 0 Å². The van der Waals surface area contributed by atoms with Crippen LogP contribution in [-0.2, 0) is 0 Å². The zero-order chi connectivity index (χ0) is 6.28. The van der Waals surface area contributed by atoms with Crippen molar-refractivity contribution in [1.29, 1.82) is 0 Å². The molecule has 0 aliphatic heterocycles. The van der Waals surface area contributed by atoms with Crippen LogP contribution in [0.15, 0.2) is 13.2 Å². The van der Waals surface area contributed by atoms with Crippen LogP contribution in [-0.4, -0.2) is 6.03 Å². The van der Waals surface area contributed by atoms with E-state index in [1.54, 1.807) is 0 Å². The first kappa shape index (κ1) is 9.46. The topological polar surface area (TPSA) is 82.8 Å². The van der Waals surface area contributed by atoms with Crippen LogP contribution in [0.5, 0.6) is 0 Å². The monoisotopic (exact) mass is 104 g/mol. The molecule has 0 bridgehead atoms. The number of quaternary nitrogens is 1. The van der Waals surface area contributed by atoms with Gasteiger partial charge in [-0.1, -0.05) is 0 Å². The second-order valence-corrected chi connectivity index (χ2v) is 0.520. The fourth-order valence-electron chi connectivity index (χ4n) is 0. The number of hydrogen-bond donors (Lipinski definition) is 2. The normalized spacial score (nSPS) is 5.86. The Morgan fingerprint density at radius 2 is 1.86 bits per heavy atom. The van der Waals surface area contributed by atoms with Crippen molar-refractivity contribution >= 4 is 6.03 Å². The molecule has 2 amide bonds. The fourth-order valence-corrected chi connectivity index (χ4v) is 0. The van der Waals surface area contributed by atoms with Crippen LogP contribution in [0.2, 0.25) is 0 Å². The summed E-state index contributed by atoms with van der Waals surface area (Å²) in [6, 6.07) is -0.926. The Labute approximate surface area is 41.6 Å². The van der Waals surface area contributed by atoms with E-state index in [1.807, 2.05) is 0 Å². The summed E-state index contributed by atoms with van der Waals surface area (Å²) in [5, 5.41) is 9.03. The molecule has 0 saturated heterocycles. The van der Waals surface area contributed by atoms with E-state index >= 15 is 0 Å². The van der Waals surface area contributed by atoms with E-state index in [1.165, 1.54) is 0 Å². The van der Waals surface area contributed by atoms with E-state index in [0.717, 1.165) is 0 Å². The van der Waals surface area contributed by atoms with Crippen LogP contribution in [0.4, 0.5) is 4.79 Å². The Hall–Kier alpha value is -0.870. The van der Waals surface area contributed by atoms with Gasteiger partial charge in [0.15, 0.2) is 0 Å². The van der Waals surface area contributed by atoms with E-state index in [2.05, 4.69) is 18.9 Å². The Morgan fingerprint density at radius 1 is 1.71 bits per heavy atom. The van der Waals surface area contributed by atoms with Crippen molar-refractivity contribution in [3.05, 3.63) is 18.4 Å². The van der Waals surface area contributed by atoms with Gasteiger partial charge in [0.1, 0.15) is 0 Å². The van der Waals surface area contributed by atoms with Gasteiger partial charge < -0.3 is 16.4 Å². The molecule has 0 unspecified atom stereocenters. The fraction of sp³-hybridized carbons (Fsp3) is 0. The summed E-state index contributed by atoms with van der Waals surface area (Å²) < 4.78 is 0. The minimum absolute atomic E-state index is 0.0556. The van der Waals surface area contributed by atoms with E-state index in [4.69, 9.17) is 5.21 Å². The first-order chi connectivity index (χ1) is 3.27. The zero-order valence-corrected chi connectivity index (χ0v) is 3.89. The Morgan fingerprint density at radius 3 is 1.86 bits per heavy atom. The molecule has 4 N–H and O–H groups in total. The van der Waals surface area contributed by atoms with Gasteiger partial charge in [-0.05, 0) is 0 Å². The highest BCUT2D eigenvalue weighted by atomic mass is 16.5. The lowest BCUT2D eigenvalue weighted by Gasteiger charge is -1.86. The SMILES string of the molecule is C=C.NC(=O)[NH2+][O-]. The molecule has 0 aromatic heterocycles. The van der Waals surface area contributed by atoms with E-state index < -0.39 is 6.03 Å². The molecule has 0 rings (SSSR count). The van der Waals surface area contributed by atoms with E-state index in [0.29, 0.717) is 0 Å². The van der Waals surface area contributed by atoms with Gasteiger partial charge in [0, 0.05) is 0 Å². The second kappa shape index (κ2) is 8.93. The molecule has 0 saturated carbocycles. The highest BCUT2D eigenvalue weighted by Crippen LogP contribution is 1.25. The van der Waals surface area contributed by atoms with Gasteiger partial charge in [-0.15, -0.1) is 13.2 Å². The summed E-state index contributed by atoms with van der Waals surface area (Å²) in [6.07, 6.45) is 0. The third-order valence-electron chi connectivity index (χ3n) is 0.116. The number of carbonyl (C=O) groups is 1. The van der Waals surface area contributed by atoms with Gasteiger partial charge in [0.05, 0.1) is 0 Å². The van der Waals surface area contributed by atoms with Gasteiger partial charge in [-0.25, -0.2) is 4.79 Å². The maximum atomic E-state index is 9.22. The van der Waals surface area contributed by atoms with Crippen LogP contribution in [0.1, 0.15) is 0 Å².